The lowest BCUT2D eigenvalue weighted by Crippen LogP contribution is -2.28. The zero-order chi connectivity index (χ0) is 13.7. The lowest BCUT2D eigenvalue weighted by atomic mass is 10.1. The van der Waals surface area contributed by atoms with Crippen LogP contribution in [0, 0.1) is 13.8 Å². The summed E-state index contributed by atoms with van der Waals surface area (Å²) in [6, 6.07) is 7.87. The van der Waals surface area contributed by atoms with Gasteiger partial charge in [0, 0.05) is 18.9 Å². The van der Waals surface area contributed by atoms with E-state index in [1.54, 1.807) is 0 Å². The Balaban J connectivity index is 1.81. The van der Waals surface area contributed by atoms with Crippen LogP contribution < -0.4 is 10.1 Å². The molecule has 100 valence electrons. The highest BCUT2D eigenvalue weighted by atomic mass is 16.5. The van der Waals surface area contributed by atoms with Gasteiger partial charge in [0.15, 0.2) is 6.61 Å². The summed E-state index contributed by atoms with van der Waals surface area (Å²) in [5, 5.41) is 2.81. The molecule has 1 aromatic heterocycles. The Hall–Kier alpha value is -2.23. The van der Waals surface area contributed by atoms with Crippen LogP contribution in [-0.2, 0) is 11.3 Å². The maximum absolute atomic E-state index is 11.7. The highest BCUT2D eigenvalue weighted by Crippen LogP contribution is 2.18. The molecule has 0 aliphatic rings. The molecule has 0 saturated carbocycles. The molecule has 0 atom stereocenters. The number of benzene rings is 1. The molecule has 0 saturated heterocycles. The first-order valence-electron chi connectivity index (χ1n) is 6.23. The second-order valence-electron chi connectivity index (χ2n) is 4.55. The molecule has 4 heteroatoms. The summed E-state index contributed by atoms with van der Waals surface area (Å²) in [5.74, 6) is 0.638. The Morgan fingerprint density at radius 1 is 1.32 bits per heavy atom. The Bertz CT molecular complexity index is 547. The van der Waals surface area contributed by atoms with Crippen molar-refractivity contribution >= 4 is 5.91 Å². The fourth-order valence-corrected chi connectivity index (χ4v) is 1.73. The number of hydrogen-bond acceptors (Lipinski definition) is 2. The number of amides is 1. The van der Waals surface area contributed by atoms with Crippen LogP contribution in [0.5, 0.6) is 5.75 Å². The maximum Gasteiger partial charge on any atom is 0.258 e. The van der Waals surface area contributed by atoms with E-state index in [1.165, 1.54) is 0 Å². The van der Waals surface area contributed by atoms with Crippen molar-refractivity contribution < 1.29 is 9.53 Å². The number of H-pyrrole nitrogens is 1. The maximum atomic E-state index is 11.7. The SMILES string of the molecule is Cc1ccc(C)c(OCC(=O)NCc2cc[nH]c2)c1. The van der Waals surface area contributed by atoms with Gasteiger partial charge in [0.05, 0.1) is 0 Å². The predicted molar refractivity (Wildman–Crippen MR) is 74.1 cm³/mol. The van der Waals surface area contributed by atoms with Gasteiger partial charge in [-0.05, 0) is 42.7 Å². The lowest BCUT2D eigenvalue weighted by molar-refractivity contribution is -0.123. The topological polar surface area (TPSA) is 54.1 Å². The number of aromatic amines is 1. The second-order valence-corrected chi connectivity index (χ2v) is 4.55. The molecular formula is C15H18N2O2. The molecule has 0 radical (unpaired) electrons. The lowest BCUT2D eigenvalue weighted by Gasteiger charge is -2.10. The van der Waals surface area contributed by atoms with E-state index in [9.17, 15) is 4.79 Å². The third kappa shape index (κ3) is 3.88. The number of aryl methyl sites for hydroxylation is 2. The van der Waals surface area contributed by atoms with E-state index in [1.807, 2.05) is 50.5 Å². The normalized spacial score (nSPS) is 10.2. The second kappa shape index (κ2) is 6.09. The van der Waals surface area contributed by atoms with Crippen LogP contribution >= 0.6 is 0 Å². The summed E-state index contributed by atoms with van der Waals surface area (Å²) in [6.45, 7) is 4.51. The first-order chi connectivity index (χ1) is 9.15. The molecule has 1 heterocycles. The van der Waals surface area contributed by atoms with Gasteiger partial charge in [0.2, 0.25) is 0 Å². The van der Waals surface area contributed by atoms with Crippen LogP contribution in [0.3, 0.4) is 0 Å². The van der Waals surface area contributed by atoms with Crippen LogP contribution in [0.4, 0.5) is 0 Å². The van der Waals surface area contributed by atoms with Gasteiger partial charge < -0.3 is 15.0 Å². The molecule has 4 nitrogen and oxygen atoms in total. The molecule has 0 fully saturated rings. The van der Waals surface area contributed by atoms with Gasteiger partial charge >= 0.3 is 0 Å². The van der Waals surface area contributed by atoms with Crippen molar-refractivity contribution in [2.75, 3.05) is 6.61 Å². The quantitative estimate of drug-likeness (QED) is 0.864. The molecule has 0 unspecified atom stereocenters. The van der Waals surface area contributed by atoms with E-state index in [0.717, 1.165) is 22.4 Å². The van der Waals surface area contributed by atoms with Crippen LogP contribution in [0.15, 0.2) is 36.7 Å². The van der Waals surface area contributed by atoms with Crippen LogP contribution in [0.25, 0.3) is 0 Å². The van der Waals surface area contributed by atoms with Crippen molar-refractivity contribution in [1.82, 2.24) is 10.3 Å². The highest BCUT2D eigenvalue weighted by molar-refractivity contribution is 5.77. The molecule has 19 heavy (non-hydrogen) atoms. The van der Waals surface area contributed by atoms with Gasteiger partial charge in [-0.25, -0.2) is 0 Å². The van der Waals surface area contributed by atoms with Crippen LogP contribution in [0.1, 0.15) is 16.7 Å². The molecular weight excluding hydrogens is 240 g/mol. The molecule has 2 aromatic rings. The van der Waals surface area contributed by atoms with Gasteiger partial charge in [0.25, 0.3) is 5.91 Å². The van der Waals surface area contributed by atoms with E-state index in [0.29, 0.717) is 6.54 Å². The standard InChI is InChI=1S/C15H18N2O2/c1-11-3-4-12(2)14(7-11)19-10-15(18)17-9-13-5-6-16-8-13/h3-8,16H,9-10H2,1-2H3,(H,17,18). The van der Waals surface area contributed by atoms with Crippen molar-refractivity contribution in [3.63, 3.8) is 0 Å². The fourth-order valence-electron chi connectivity index (χ4n) is 1.73. The predicted octanol–water partition coefficient (Wildman–Crippen LogP) is 2.33. The van der Waals surface area contributed by atoms with Crippen molar-refractivity contribution in [3.05, 3.63) is 53.3 Å². The van der Waals surface area contributed by atoms with Gasteiger partial charge in [-0.15, -0.1) is 0 Å². The van der Waals surface area contributed by atoms with Gasteiger partial charge in [-0.3, -0.25) is 4.79 Å². The van der Waals surface area contributed by atoms with Crippen LogP contribution in [0.2, 0.25) is 0 Å². The minimum atomic E-state index is -0.123. The molecule has 1 aromatic carbocycles. The van der Waals surface area contributed by atoms with Crippen molar-refractivity contribution in [2.45, 2.75) is 20.4 Å². The molecule has 0 aliphatic carbocycles. The summed E-state index contributed by atoms with van der Waals surface area (Å²) in [6.07, 6.45) is 3.68. The average molecular weight is 258 g/mol. The molecule has 0 bridgehead atoms. The Morgan fingerprint density at radius 2 is 2.16 bits per heavy atom. The van der Waals surface area contributed by atoms with Crippen molar-refractivity contribution in [2.24, 2.45) is 0 Å². The largest absolute Gasteiger partial charge is 0.483 e. The first-order valence-corrected chi connectivity index (χ1v) is 6.23. The minimum absolute atomic E-state index is 0.0364. The smallest absolute Gasteiger partial charge is 0.258 e. The number of ether oxygens (including phenoxy) is 1. The van der Waals surface area contributed by atoms with Gasteiger partial charge in [-0.2, -0.15) is 0 Å². The monoisotopic (exact) mass is 258 g/mol. The zero-order valence-corrected chi connectivity index (χ0v) is 11.2. The highest BCUT2D eigenvalue weighted by Gasteiger charge is 2.05. The number of nitrogens with one attached hydrogen (secondary N) is 2. The van der Waals surface area contributed by atoms with Crippen molar-refractivity contribution in [1.29, 1.82) is 0 Å². The van der Waals surface area contributed by atoms with E-state index in [4.69, 9.17) is 4.74 Å². The Morgan fingerprint density at radius 3 is 2.89 bits per heavy atom. The molecule has 2 rings (SSSR count). The minimum Gasteiger partial charge on any atom is -0.483 e. The van der Waals surface area contributed by atoms with E-state index in [2.05, 4.69) is 10.3 Å². The Labute approximate surface area is 112 Å². The third-order valence-corrected chi connectivity index (χ3v) is 2.85. The Kier molecular flexibility index (Phi) is 4.23. The molecule has 0 spiro atoms. The number of carbonyl (C=O) groups excluding carboxylic acids is 1. The molecule has 1 amide bonds. The van der Waals surface area contributed by atoms with E-state index >= 15 is 0 Å². The summed E-state index contributed by atoms with van der Waals surface area (Å²) in [4.78, 5) is 14.6. The summed E-state index contributed by atoms with van der Waals surface area (Å²) >= 11 is 0. The number of carbonyl (C=O) groups is 1. The van der Waals surface area contributed by atoms with Gasteiger partial charge in [0.1, 0.15) is 5.75 Å². The van der Waals surface area contributed by atoms with E-state index < -0.39 is 0 Å². The summed E-state index contributed by atoms with van der Waals surface area (Å²) in [7, 11) is 0. The first kappa shape index (κ1) is 13.2. The van der Waals surface area contributed by atoms with Crippen LogP contribution in [-0.4, -0.2) is 17.5 Å². The van der Waals surface area contributed by atoms with E-state index in [-0.39, 0.29) is 12.5 Å². The number of rotatable bonds is 5. The van der Waals surface area contributed by atoms with Crippen molar-refractivity contribution in [3.8, 4) is 5.75 Å². The number of hydrogen-bond donors (Lipinski definition) is 2. The fraction of sp³-hybridized carbons (Fsp3) is 0.267. The third-order valence-electron chi connectivity index (χ3n) is 2.85. The average Bonchev–Trinajstić information content (AvgIpc) is 2.90. The molecule has 2 N–H and O–H groups in total. The summed E-state index contributed by atoms with van der Waals surface area (Å²) < 4.78 is 5.53. The number of aromatic nitrogens is 1. The summed E-state index contributed by atoms with van der Waals surface area (Å²) in [5.41, 5.74) is 3.19. The zero-order valence-electron chi connectivity index (χ0n) is 11.2. The van der Waals surface area contributed by atoms with Gasteiger partial charge in [-0.1, -0.05) is 12.1 Å². The molecule has 0 aliphatic heterocycles.